The van der Waals surface area contributed by atoms with Crippen LogP contribution in [0.1, 0.15) is 67.2 Å². The van der Waals surface area contributed by atoms with E-state index in [1.807, 2.05) is 46.1 Å². The third kappa shape index (κ3) is 9.21. The lowest BCUT2D eigenvalue weighted by atomic mass is 9.85. The number of halogens is 1. The summed E-state index contributed by atoms with van der Waals surface area (Å²) in [5.41, 5.74) is 6.86. The number of hydrogen-bond acceptors (Lipinski definition) is 12. The Kier molecular flexibility index (Phi) is 12.1. The van der Waals surface area contributed by atoms with E-state index < -0.39 is 41.5 Å². The molecule has 57 heavy (non-hydrogen) atoms. The van der Waals surface area contributed by atoms with Gasteiger partial charge in [-0.1, -0.05) is 39.3 Å². The first-order chi connectivity index (χ1) is 27.1. The Labute approximate surface area is 343 Å². The molecule has 7 rings (SSSR count). The van der Waals surface area contributed by atoms with Crippen LogP contribution in [0.4, 0.5) is 9.93 Å². The van der Waals surface area contributed by atoms with Crippen LogP contribution in [0.15, 0.2) is 23.6 Å². The van der Waals surface area contributed by atoms with Gasteiger partial charge in [0.2, 0.25) is 11.8 Å². The molecule has 3 amide bonds. The number of nitrogens with one attached hydrogen (secondary N) is 2. The Morgan fingerprint density at radius 1 is 1.04 bits per heavy atom. The van der Waals surface area contributed by atoms with Gasteiger partial charge in [0.1, 0.15) is 53.1 Å². The molecule has 2 aliphatic heterocycles. The summed E-state index contributed by atoms with van der Waals surface area (Å²) in [4.78, 5) is 53.9. The van der Waals surface area contributed by atoms with Gasteiger partial charge in [-0.3, -0.25) is 14.5 Å². The Bertz CT molecular complexity index is 1960. The monoisotopic (exact) mass is 825 g/mol. The number of hydrogen-bond donors (Lipinski definition) is 3. The molecule has 310 valence electrons. The lowest BCUT2D eigenvalue weighted by molar-refractivity contribution is -0.141. The molecule has 14 nitrogen and oxygen atoms in total. The molecule has 2 aliphatic carbocycles. The van der Waals surface area contributed by atoms with Crippen LogP contribution in [0.3, 0.4) is 0 Å². The molecule has 16 heteroatoms. The number of primary amides is 1. The maximum absolute atomic E-state index is 14.3. The van der Waals surface area contributed by atoms with Gasteiger partial charge in [-0.2, -0.15) is 0 Å². The van der Waals surface area contributed by atoms with Crippen LogP contribution in [0, 0.1) is 23.2 Å². The number of thiazole rings is 1. The molecule has 4 N–H and O–H groups in total. The topological polar surface area (TPSA) is 170 Å². The van der Waals surface area contributed by atoms with Gasteiger partial charge in [0, 0.05) is 56.0 Å². The first-order valence-corrected chi connectivity index (χ1v) is 21.3. The van der Waals surface area contributed by atoms with E-state index in [9.17, 15) is 14.4 Å². The second kappa shape index (κ2) is 16.7. The zero-order chi connectivity index (χ0) is 40.8. The predicted octanol–water partition coefficient (Wildman–Crippen LogP) is 5.95. The van der Waals surface area contributed by atoms with Crippen LogP contribution in [-0.2, 0) is 19.1 Å². The van der Waals surface area contributed by atoms with Crippen molar-refractivity contribution in [2.24, 2.45) is 28.9 Å². The van der Waals surface area contributed by atoms with Crippen molar-refractivity contribution in [1.29, 1.82) is 0 Å². The average molecular weight is 826 g/mol. The second-order valence-corrected chi connectivity index (χ2v) is 18.7. The molecule has 0 bridgehead atoms. The third-order valence-electron chi connectivity index (χ3n) is 11.9. The quantitative estimate of drug-likeness (QED) is 0.176. The average Bonchev–Trinajstić information content (AvgIpc) is 3.80. The van der Waals surface area contributed by atoms with E-state index in [4.69, 9.17) is 46.3 Å². The van der Waals surface area contributed by atoms with Crippen molar-refractivity contribution in [1.82, 2.24) is 25.1 Å². The van der Waals surface area contributed by atoms with Crippen LogP contribution < -0.4 is 25.8 Å². The van der Waals surface area contributed by atoms with Gasteiger partial charge < -0.3 is 40.2 Å². The number of fused-ring (bicyclic) bond motifs is 2. The smallest absolute Gasteiger partial charge is 0.408 e. The number of likely N-dealkylation sites (tertiary alicyclic amines) is 2. The van der Waals surface area contributed by atoms with Crippen molar-refractivity contribution in [2.45, 2.75) is 104 Å². The predicted molar refractivity (Wildman–Crippen MR) is 220 cm³/mol. The number of pyridine rings is 1. The summed E-state index contributed by atoms with van der Waals surface area (Å²) >= 11 is 8.52. The van der Waals surface area contributed by atoms with E-state index in [1.54, 1.807) is 19.2 Å². The number of rotatable bonds is 14. The fraction of sp³-hybridized carbons (Fsp3) is 0.634. The molecule has 2 unspecified atom stereocenters. The van der Waals surface area contributed by atoms with Gasteiger partial charge in [-0.05, 0) is 68.4 Å². The maximum Gasteiger partial charge on any atom is 0.408 e. The SMILES string of the molecule is CO[C@@H]1CCN(CCOc2ccc3c(O[C@@H]4C[C@@H](C(N)=O)N(C(=O)[C@@H](NC(=O)OC5C[C@@H]6C(C)[C@@H]6C5)C(C)(C)C)C4)cc(-c4csc(NC(C)C)n4)nc3c2Cl)C1. The number of carbonyl (C=O) groups excluding carboxylic acids is 3. The molecule has 0 radical (unpaired) electrons. The summed E-state index contributed by atoms with van der Waals surface area (Å²) in [5, 5.41) is 9.80. The zero-order valence-electron chi connectivity index (χ0n) is 33.9. The maximum atomic E-state index is 14.3. The molecule has 0 spiro atoms. The second-order valence-electron chi connectivity index (χ2n) is 17.4. The largest absolute Gasteiger partial charge is 0.491 e. The minimum Gasteiger partial charge on any atom is -0.491 e. The number of alkyl carbamates (subject to hydrolysis) is 1. The molecule has 2 saturated carbocycles. The highest BCUT2D eigenvalue weighted by molar-refractivity contribution is 7.14. The number of methoxy groups -OCH3 is 1. The lowest BCUT2D eigenvalue weighted by Gasteiger charge is -2.35. The van der Waals surface area contributed by atoms with Gasteiger partial charge >= 0.3 is 6.09 Å². The highest BCUT2D eigenvalue weighted by Crippen LogP contribution is 2.57. The van der Waals surface area contributed by atoms with Crippen molar-refractivity contribution in [3.8, 4) is 22.9 Å². The number of carbonyl (C=O) groups is 3. The van der Waals surface area contributed by atoms with Crippen molar-refractivity contribution in [2.75, 3.05) is 45.2 Å². The van der Waals surface area contributed by atoms with E-state index in [-0.39, 0.29) is 31.2 Å². The molecule has 2 saturated heterocycles. The van der Waals surface area contributed by atoms with Crippen LogP contribution in [0.25, 0.3) is 22.3 Å². The minimum atomic E-state index is -0.976. The summed E-state index contributed by atoms with van der Waals surface area (Å²) in [6.45, 7) is 14.9. The Morgan fingerprint density at radius 3 is 2.46 bits per heavy atom. The zero-order valence-corrected chi connectivity index (χ0v) is 35.5. The standard InChI is InChI=1S/C41H56ClN7O7S/c1-21(2)44-39-46-30(20-57-39)29-17-33(26-8-9-32(34(42)35(26)45-29)54-13-12-48-11-10-23(18-48)53-7)55-25-16-31(37(43)50)49(19-25)38(51)36(41(4,5)6)47-40(52)56-24-14-27-22(3)28(27)15-24/h8-9,17,20-25,27-28,31,36H,10-16,18-19H2,1-7H3,(H2,43,50)(H,44,46)(H,47,52)/t22?,23-,24?,25-,27-,28+,31+,36-/m1/s1. The summed E-state index contributed by atoms with van der Waals surface area (Å²) in [6, 6.07) is 3.72. The molecular weight excluding hydrogens is 770 g/mol. The van der Waals surface area contributed by atoms with E-state index in [0.29, 0.717) is 63.2 Å². The number of nitrogens with two attached hydrogens (primary N) is 1. The molecule has 4 fully saturated rings. The molecule has 2 aromatic heterocycles. The van der Waals surface area contributed by atoms with Gasteiger partial charge in [0.15, 0.2) is 5.13 Å². The van der Waals surface area contributed by atoms with Crippen molar-refractivity contribution < 1.29 is 33.3 Å². The first-order valence-electron chi connectivity index (χ1n) is 20.1. The van der Waals surface area contributed by atoms with E-state index >= 15 is 0 Å². The van der Waals surface area contributed by atoms with Crippen LogP contribution in [-0.4, -0.2) is 114 Å². The number of ether oxygens (including phenoxy) is 4. The highest BCUT2D eigenvalue weighted by Gasteiger charge is 2.54. The van der Waals surface area contributed by atoms with Crippen LogP contribution in [0.5, 0.6) is 11.5 Å². The number of nitrogens with zero attached hydrogens (tertiary/aromatic N) is 4. The van der Waals surface area contributed by atoms with E-state index in [1.165, 1.54) is 16.2 Å². The van der Waals surface area contributed by atoms with Crippen molar-refractivity contribution in [3.63, 3.8) is 0 Å². The highest BCUT2D eigenvalue weighted by atomic mass is 35.5. The van der Waals surface area contributed by atoms with E-state index in [2.05, 4.69) is 22.5 Å². The number of aromatic nitrogens is 2. The van der Waals surface area contributed by atoms with Gasteiger partial charge in [-0.25, -0.2) is 14.8 Å². The molecular formula is C41H56ClN7O7S. The van der Waals surface area contributed by atoms with Crippen LogP contribution >= 0.6 is 22.9 Å². The van der Waals surface area contributed by atoms with Crippen molar-refractivity contribution >= 4 is 56.9 Å². The minimum absolute atomic E-state index is 0.0628. The number of anilines is 1. The fourth-order valence-electron chi connectivity index (χ4n) is 8.64. The summed E-state index contributed by atoms with van der Waals surface area (Å²) in [6.07, 6.45) is 1.66. The summed E-state index contributed by atoms with van der Waals surface area (Å²) in [7, 11) is 1.74. The number of amides is 3. The van der Waals surface area contributed by atoms with Gasteiger partial charge in [0.05, 0.1) is 23.9 Å². The third-order valence-corrected chi connectivity index (χ3v) is 13.0. The number of benzene rings is 1. The molecule has 4 aliphatic rings. The van der Waals surface area contributed by atoms with Crippen LogP contribution in [0.2, 0.25) is 5.02 Å². The molecule has 1 aromatic carbocycles. The first kappa shape index (κ1) is 41.2. The molecule has 3 aromatic rings. The Morgan fingerprint density at radius 2 is 1.79 bits per heavy atom. The van der Waals surface area contributed by atoms with Crippen molar-refractivity contribution in [3.05, 3.63) is 28.6 Å². The Hall–Kier alpha value is -3.92. The normalized spacial score (nSPS) is 26.4. The fourth-order valence-corrected chi connectivity index (χ4v) is 9.75. The van der Waals surface area contributed by atoms with Gasteiger partial charge in [-0.15, -0.1) is 11.3 Å². The summed E-state index contributed by atoms with van der Waals surface area (Å²) < 4.78 is 24.2. The van der Waals surface area contributed by atoms with Gasteiger partial charge in [0.25, 0.3) is 0 Å². The molecule has 8 atom stereocenters. The molecule has 4 heterocycles. The lowest BCUT2D eigenvalue weighted by Crippen LogP contribution is -2.57. The summed E-state index contributed by atoms with van der Waals surface area (Å²) in [5.74, 6) is 1.76. The van der Waals surface area contributed by atoms with E-state index in [0.717, 1.165) is 44.0 Å². The Balaban J connectivity index is 1.12.